The Bertz CT molecular complexity index is 346. The van der Waals surface area contributed by atoms with Crippen LogP contribution in [-0.4, -0.2) is 26.3 Å². The van der Waals surface area contributed by atoms with Crippen molar-refractivity contribution >= 4 is 15.9 Å². The third-order valence-corrected chi connectivity index (χ3v) is 3.55. The summed E-state index contributed by atoms with van der Waals surface area (Å²) in [6.45, 7) is 3.69. The Labute approximate surface area is 111 Å². The summed E-state index contributed by atoms with van der Waals surface area (Å²) in [5.41, 5.74) is 0.993. The van der Waals surface area contributed by atoms with Gasteiger partial charge in [0.1, 0.15) is 5.82 Å². The predicted molar refractivity (Wildman–Crippen MR) is 71.8 cm³/mol. The second-order valence-electron chi connectivity index (χ2n) is 3.95. The third-order valence-electron chi connectivity index (χ3n) is 2.66. The number of hydrogen-bond acceptors (Lipinski definition) is 2. The third kappa shape index (κ3) is 4.74. The van der Waals surface area contributed by atoms with Crippen LogP contribution < -0.4 is 5.32 Å². The molecule has 4 heteroatoms. The minimum absolute atomic E-state index is 0.204. The molecule has 0 amide bonds. The Morgan fingerprint density at radius 3 is 2.88 bits per heavy atom. The molecule has 1 N–H and O–H groups in total. The van der Waals surface area contributed by atoms with Crippen molar-refractivity contribution in [3.8, 4) is 0 Å². The highest BCUT2D eigenvalue weighted by molar-refractivity contribution is 9.10. The van der Waals surface area contributed by atoms with Crippen LogP contribution in [-0.2, 0) is 11.2 Å². The average molecular weight is 304 g/mol. The second-order valence-corrected chi connectivity index (χ2v) is 4.75. The van der Waals surface area contributed by atoms with E-state index in [0.717, 1.165) is 24.9 Å². The normalized spacial score (nSPS) is 12.7. The van der Waals surface area contributed by atoms with Gasteiger partial charge in [-0.15, -0.1) is 0 Å². The standard InChI is InChI=1S/C13H19BrFNO/c1-3-16-11(7-8-17-2)9-10-5-4-6-12(15)13(10)14/h4-6,11,16H,3,7-9H2,1-2H3. The summed E-state index contributed by atoms with van der Waals surface area (Å²) in [7, 11) is 1.70. The molecule has 2 nitrogen and oxygen atoms in total. The zero-order valence-corrected chi connectivity index (χ0v) is 11.9. The van der Waals surface area contributed by atoms with Gasteiger partial charge in [-0.3, -0.25) is 0 Å². The lowest BCUT2D eigenvalue weighted by Crippen LogP contribution is -2.32. The van der Waals surface area contributed by atoms with Gasteiger partial charge in [-0.1, -0.05) is 19.1 Å². The molecule has 0 saturated carbocycles. The summed E-state index contributed by atoms with van der Waals surface area (Å²) in [4.78, 5) is 0. The van der Waals surface area contributed by atoms with E-state index in [1.54, 1.807) is 13.2 Å². The second kappa shape index (κ2) is 7.80. The van der Waals surface area contributed by atoms with E-state index < -0.39 is 0 Å². The maximum absolute atomic E-state index is 13.4. The van der Waals surface area contributed by atoms with Gasteiger partial charge in [0.2, 0.25) is 0 Å². The molecule has 1 unspecified atom stereocenters. The quantitative estimate of drug-likeness (QED) is 0.835. The summed E-state index contributed by atoms with van der Waals surface area (Å²) >= 11 is 3.29. The van der Waals surface area contributed by atoms with E-state index in [0.29, 0.717) is 17.1 Å². The molecule has 1 rings (SSSR count). The summed E-state index contributed by atoms with van der Waals surface area (Å²) in [6.07, 6.45) is 1.73. The van der Waals surface area contributed by atoms with E-state index in [1.807, 2.05) is 6.07 Å². The molecule has 0 fully saturated rings. The monoisotopic (exact) mass is 303 g/mol. The Kier molecular flexibility index (Phi) is 6.70. The van der Waals surface area contributed by atoms with Gasteiger partial charge in [-0.25, -0.2) is 4.39 Å². The molecule has 1 aromatic rings. The van der Waals surface area contributed by atoms with Crippen LogP contribution >= 0.6 is 15.9 Å². The Hall–Kier alpha value is -0.450. The van der Waals surface area contributed by atoms with E-state index in [4.69, 9.17) is 4.74 Å². The number of ether oxygens (including phenoxy) is 1. The van der Waals surface area contributed by atoms with Crippen molar-refractivity contribution in [3.63, 3.8) is 0 Å². The number of rotatable bonds is 7. The smallest absolute Gasteiger partial charge is 0.137 e. The minimum Gasteiger partial charge on any atom is -0.385 e. The first-order valence-corrected chi connectivity index (χ1v) is 6.63. The number of likely N-dealkylation sites (N-methyl/N-ethyl adjacent to an activating group) is 1. The number of benzene rings is 1. The summed E-state index contributed by atoms with van der Waals surface area (Å²) in [5, 5.41) is 3.39. The Morgan fingerprint density at radius 1 is 1.47 bits per heavy atom. The van der Waals surface area contributed by atoms with Crippen LogP contribution in [0.5, 0.6) is 0 Å². The van der Waals surface area contributed by atoms with E-state index in [-0.39, 0.29) is 5.82 Å². The molecule has 0 spiro atoms. The Morgan fingerprint density at radius 2 is 2.24 bits per heavy atom. The highest BCUT2D eigenvalue weighted by Crippen LogP contribution is 2.22. The van der Waals surface area contributed by atoms with Crippen LogP contribution in [0, 0.1) is 5.82 Å². The van der Waals surface area contributed by atoms with Crippen LogP contribution in [0.15, 0.2) is 22.7 Å². The van der Waals surface area contributed by atoms with Crippen molar-refractivity contribution in [3.05, 3.63) is 34.1 Å². The first kappa shape index (κ1) is 14.6. The molecule has 0 aromatic heterocycles. The van der Waals surface area contributed by atoms with Crippen LogP contribution in [0.3, 0.4) is 0 Å². The first-order chi connectivity index (χ1) is 8.19. The molecule has 0 bridgehead atoms. The number of methoxy groups -OCH3 is 1. The van der Waals surface area contributed by atoms with Gasteiger partial charge in [0.15, 0.2) is 0 Å². The minimum atomic E-state index is -0.204. The predicted octanol–water partition coefficient (Wildman–Crippen LogP) is 3.15. The van der Waals surface area contributed by atoms with Crippen molar-refractivity contribution in [1.29, 1.82) is 0 Å². The molecule has 0 radical (unpaired) electrons. The lowest BCUT2D eigenvalue weighted by Gasteiger charge is -2.18. The summed E-state index contributed by atoms with van der Waals surface area (Å²) < 4.78 is 19.0. The molecular weight excluding hydrogens is 285 g/mol. The van der Waals surface area contributed by atoms with Crippen molar-refractivity contribution in [2.75, 3.05) is 20.3 Å². The van der Waals surface area contributed by atoms with Crippen LogP contribution in [0.25, 0.3) is 0 Å². The fraction of sp³-hybridized carbons (Fsp3) is 0.538. The molecule has 0 aliphatic carbocycles. The van der Waals surface area contributed by atoms with Crippen molar-refractivity contribution in [2.24, 2.45) is 0 Å². The molecule has 0 aliphatic heterocycles. The van der Waals surface area contributed by atoms with Crippen LogP contribution in [0.2, 0.25) is 0 Å². The van der Waals surface area contributed by atoms with Gasteiger partial charge in [-0.2, -0.15) is 0 Å². The molecule has 0 saturated heterocycles. The maximum Gasteiger partial charge on any atom is 0.137 e. The zero-order chi connectivity index (χ0) is 12.7. The summed E-state index contributed by atoms with van der Waals surface area (Å²) in [5.74, 6) is -0.204. The van der Waals surface area contributed by atoms with E-state index >= 15 is 0 Å². The fourth-order valence-electron chi connectivity index (χ4n) is 1.80. The lowest BCUT2D eigenvalue weighted by atomic mass is 10.0. The topological polar surface area (TPSA) is 21.3 Å². The molecule has 17 heavy (non-hydrogen) atoms. The van der Waals surface area contributed by atoms with Gasteiger partial charge < -0.3 is 10.1 Å². The van der Waals surface area contributed by atoms with Crippen molar-refractivity contribution in [1.82, 2.24) is 5.32 Å². The lowest BCUT2D eigenvalue weighted by molar-refractivity contribution is 0.183. The zero-order valence-electron chi connectivity index (χ0n) is 10.3. The number of halogens is 2. The highest BCUT2D eigenvalue weighted by atomic mass is 79.9. The molecule has 0 heterocycles. The van der Waals surface area contributed by atoms with Gasteiger partial charge in [-0.05, 0) is 46.9 Å². The van der Waals surface area contributed by atoms with Crippen molar-refractivity contribution in [2.45, 2.75) is 25.8 Å². The largest absolute Gasteiger partial charge is 0.385 e. The Balaban J connectivity index is 2.67. The molecular formula is C13H19BrFNO. The van der Waals surface area contributed by atoms with Crippen molar-refractivity contribution < 1.29 is 9.13 Å². The van der Waals surface area contributed by atoms with Gasteiger partial charge in [0.25, 0.3) is 0 Å². The van der Waals surface area contributed by atoms with Crippen LogP contribution in [0.4, 0.5) is 4.39 Å². The SMILES string of the molecule is CCNC(CCOC)Cc1cccc(F)c1Br. The summed E-state index contributed by atoms with van der Waals surface area (Å²) in [6, 6.07) is 5.47. The number of hydrogen-bond donors (Lipinski definition) is 1. The van der Waals surface area contributed by atoms with Crippen LogP contribution in [0.1, 0.15) is 18.9 Å². The van der Waals surface area contributed by atoms with E-state index in [9.17, 15) is 4.39 Å². The molecule has 0 aliphatic rings. The van der Waals surface area contributed by atoms with E-state index in [1.165, 1.54) is 6.07 Å². The van der Waals surface area contributed by atoms with Gasteiger partial charge in [0.05, 0.1) is 4.47 Å². The maximum atomic E-state index is 13.4. The molecule has 96 valence electrons. The number of nitrogens with one attached hydrogen (secondary N) is 1. The van der Waals surface area contributed by atoms with E-state index in [2.05, 4.69) is 28.2 Å². The first-order valence-electron chi connectivity index (χ1n) is 5.84. The highest BCUT2D eigenvalue weighted by Gasteiger charge is 2.12. The average Bonchev–Trinajstić information content (AvgIpc) is 2.32. The fourth-order valence-corrected chi connectivity index (χ4v) is 2.22. The molecule has 1 atom stereocenters. The molecule has 1 aromatic carbocycles. The van der Waals surface area contributed by atoms with Gasteiger partial charge in [0, 0.05) is 19.8 Å². The van der Waals surface area contributed by atoms with Gasteiger partial charge >= 0.3 is 0 Å².